The van der Waals surface area contributed by atoms with E-state index in [9.17, 15) is 4.79 Å². The van der Waals surface area contributed by atoms with Crippen LogP contribution in [0.5, 0.6) is 0 Å². The monoisotopic (exact) mass is 310 g/mol. The Hall–Kier alpha value is -2.13. The molecule has 0 aliphatic carbocycles. The van der Waals surface area contributed by atoms with Crippen molar-refractivity contribution < 1.29 is 4.79 Å². The first kappa shape index (κ1) is 17.2. The van der Waals surface area contributed by atoms with Crippen LogP contribution in [0.15, 0.2) is 48.5 Å². The highest BCUT2D eigenvalue weighted by molar-refractivity contribution is 5.95. The standard InChI is InChI=1S/C20H26N2O/c1-15-10-11-19(16(2)12-15)20(23)21-14-18(22(3)4)13-17-8-6-5-7-9-17/h5-12,18H,13-14H2,1-4H3,(H,21,23). The van der Waals surface area contributed by atoms with Crippen LogP contribution in [0.4, 0.5) is 0 Å². The Morgan fingerprint density at radius 1 is 1.09 bits per heavy atom. The number of amides is 1. The molecule has 122 valence electrons. The van der Waals surface area contributed by atoms with Gasteiger partial charge >= 0.3 is 0 Å². The first-order valence-corrected chi connectivity index (χ1v) is 8.03. The van der Waals surface area contributed by atoms with Gasteiger partial charge in [-0.3, -0.25) is 4.79 Å². The van der Waals surface area contributed by atoms with Gasteiger partial charge in [-0.05, 0) is 51.6 Å². The summed E-state index contributed by atoms with van der Waals surface area (Å²) in [6.07, 6.45) is 0.918. The quantitative estimate of drug-likeness (QED) is 0.888. The van der Waals surface area contributed by atoms with Gasteiger partial charge in [-0.15, -0.1) is 0 Å². The molecule has 0 fully saturated rings. The molecular weight excluding hydrogens is 284 g/mol. The smallest absolute Gasteiger partial charge is 0.251 e. The second-order valence-corrected chi connectivity index (χ2v) is 6.34. The highest BCUT2D eigenvalue weighted by atomic mass is 16.1. The minimum Gasteiger partial charge on any atom is -0.350 e. The van der Waals surface area contributed by atoms with Crippen molar-refractivity contribution in [3.63, 3.8) is 0 Å². The van der Waals surface area contributed by atoms with Crippen LogP contribution in [0.1, 0.15) is 27.0 Å². The maximum atomic E-state index is 12.4. The Bertz CT molecular complexity index is 650. The van der Waals surface area contributed by atoms with Crippen LogP contribution >= 0.6 is 0 Å². The van der Waals surface area contributed by atoms with Crippen molar-refractivity contribution in [1.29, 1.82) is 0 Å². The van der Waals surface area contributed by atoms with Gasteiger partial charge in [0.25, 0.3) is 5.91 Å². The zero-order valence-electron chi connectivity index (χ0n) is 14.5. The van der Waals surface area contributed by atoms with Crippen molar-refractivity contribution >= 4 is 5.91 Å². The minimum absolute atomic E-state index is 0.00223. The van der Waals surface area contributed by atoms with Gasteiger partial charge in [-0.25, -0.2) is 0 Å². The number of carbonyl (C=O) groups excluding carboxylic acids is 1. The molecule has 23 heavy (non-hydrogen) atoms. The third kappa shape index (κ3) is 4.93. The van der Waals surface area contributed by atoms with Crippen LogP contribution < -0.4 is 5.32 Å². The maximum absolute atomic E-state index is 12.4. The molecule has 1 unspecified atom stereocenters. The van der Waals surface area contributed by atoms with E-state index in [1.807, 2.05) is 38.1 Å². The lowest BCUT2D eigenvalue weighted by molar-refractivity contribution is 0.0941. The molecular formula is C20H26N2O. The molecule has 1 atom stereocenters. The van der Waals surface area contributed by atoms with Crippen LogP contribution in [0.2, 0.25) is 0 Å². The molecule has 0 radical (unpaired) electrons. The molecule has 0 saturated carbocycles. The fourth-order valence-corrected chi connectivity index (χ4v) is 2.70. The van der Waals surface area contributed by atoms with Crippen molar-refractivity contribution in [2.75, 3.05) is 20.6 Å². The number of hydrogen-bond acceptors (Lipinski definition) is 2. The number of aryl methyl sites for hydroxylation is 2. The topological polar surface area (TPSA) is 32.3 Å². The van der Waals surface area contributed by atoms with Gasteiger partial charge in [0.05, 0.1) is 0 Å². The normalized spacial score (nSPS) is 12.2. The van der Waals surface area contributed by atoms with Gasteiger partial charge < -0.3 is 10.2 Å². The second-order valence-electron chi connectivity index (χ2n) is 6.34. The van der Waals surface area contributed by atoms with E-state index in [1.54, 1.807) is 0 Å². The summed E-state index contributed by atoms with van der Waals surface area (Å²) >= 11 is 0. The average Bonchev–Trinajstić information content (AvgIpc) is 2.51. The maximum Gasteiger partial charge on any atom is 0.251 e. The van der Waals surface area contributed by atoms with Crippen LogP contribution in [0, 0.1) is 13.8 Å². The minimum atomic E-state index is 0.00223. The predicted molar refractivity (Wildman–Crippen MR) is 95.9 cm³/mol. The molecule has 2 rings (SSSR count). The summed E-state index contributed by atoms with van der Waals surface area (Å²) < 4.78 is 0. The summed E-state index contributed by atoms with van der Waals surface area (Å²) in [4.78, 5) is 14.6. The van der Waals surface area contributed by atoms with E-state index in [4.69, 9.17) is 0 Å². The molecule has 0 spiro atoms. The molecule has 0 aliphatic rings. The Kier molecular flexibility index (Phi) is 5.94. The van der Waals surface area contributed by atoms with Gasteiger partial charge in [0, 0.05) is 18.2 Å². The molecule has 3 nitrogen and oxygen atoms in total. The molecule has 0 heterocycles. The van der Waals surface area contributed by atoms with Crippen molar-refractivity contribution in [2.24, 2.45) is 0 Å². The van der Waals surface area contributed by atoms with E-state index in [-0.39, 0.29) is 11.9 Å². The van der Waals surface area contributed by atoms with Gasteiger partial charge in [0.1, 0.15) is 0 Å². The van der Waals surface area contributed by atoms with Gasteiger partial charge in [-0.2, -0.15) is 0 Å². The zero-order chi connectivity index (χ0) is 16.8. The zero-order valence-corrected chi connectivity index (χ0v) is 14.5. The van der Waals surface area contributed by atoms with Crippen molar-refractivity contribution in [1.82, 2.24) is 10.2 Å². The highest BCUT2D eigenvalue weighted by Gasteiger charge is 2.15. The lowest BCUT2D eigenvalue weighted by Gasteiger charge is -2.25. The van der Waals surface area contributed by atoms with Crippen LogP contribution in [0.3, 0.4) is 0 Å². The van der Waals surface area contributed by atoms with E-state index in [1.165, 1.54) is 11.1 Å². The van der Waals surface area contributed by atoms with E-state index in [0.29, 0.717) is 6.54 Å². The number of nitrogens with one attached hydrogen (secondary N) is 1. The van der Waals surface area contributed by atoms with Crippen molar-refractivity contribution in [3.05, 3.63) is 70.8 Å². The lowest BCUT2D eigenvalue weighted by Crippen LogP contribution is -2.41. The molecule has 0 saturated heterocycles. The molecule has 1 N–H and O–H groups in total. The Morgan fingerprint density at radius 3 is 2.39 bits per heavy atom. The highest BCUT2D eigenvalue weighted by Crippen LogP contribution is 2.11. The molecule has 1 amide bonds. The van der Waals surface area contributed by atoms with Crippen LogP contribution in [-0.2, 0) is 6.42 Å². The Labute approximate surface area is 139 Å². The molecule has 0 aromatic heterocycles. The van der Waals surface area contributed by atoms with Crippen LogP contribution in [0.25, 0.3) is 0 Å². The molecule has 0 bridgehead atoms. The van der Waals surface area contributed by atoms with E-state index in [0.717, 1.165) is 17.5 Å². The summed E-state index contributed by atoms with van der Waals surface area (Å²) in [6, 6.07) is 16.6. The van der Waals surface area contributed by atoms with E-state index < -0.39 is 0 Å². The van der Waals surface area contributed by atoms with Gasteiger partial charge in [0.2, 0.25) is 0 Å². The van der Waals surface area contributed by atoms with Gasteiger partial charge in [0.15, 0.2) is 0 Å². The second kappa shape index (κ2) is 7.93. The summed E-state index contributed by atoms with van der Waals surface area (Å²) in [5.41, 5.74) is 4.24. The number of hydrogen-bond donors (Lipinski definition) is 1. The number of benzene rings is 2. The Morgan fingerprint density at radius 2 is 1.78 bits per heavy atom. The SMILES string of the molecule is Cc1ccc(C(=O)NCC(Cc2ccccc2)N(C)C)c(C)c1. The first-order chi connectivity index (χ1) is 11.0. The predicted octanol–water partition coefficient (Wildman–Crippen LogP) is 3.21. The first-order valence-electron chi connectivity index (χ1n) is 8.03. The van der Waals surface area contributed by atoms with Crippen LogP contribution in [-0.4, -0.2) is 37.5 Å². The van der Waals surface area contributed by atoms with E-state index >= 15 is 0 Å². The lowest BCUT2D eigenvalue weighted by atomic mass is 10.0. The fraction of sp³-hybridized carbons (Fsp3) is 0.350. The summed E-state index contributed by atoms with van der Waals surface area (Å²) in [5, 5.41) is 3.08. The third-order valence-electron chi connectivity index (χ3n) is 4.17. The summed E-state index contributed by atoms with van der Waals surface area (Å²) in [5.74, 6) is 0.00223. The molecule has 0 aliphatic heterocycles. The summed E-state index contributed by atoms with van der Waals surface area (Å²) in [6.45, 7) is 4.65. The number of nitrogens with zero attached hydrogens (tertiary/aromatic N) is 1. The fourth-order valence-electron chi connectivity index (χ4n) is 2.70. The number of likely N-dealkylation sites (N-methyl/N-ethyl adjacent to an activating group) is 1. The largest absolute Gasteiger partial charge is 0.350 e. The van der Waals surface area contributed by atoms with Crippen molar-refractivity contribution in [3.8, 4) is 0 Å². The Balaban J connectivity index is 1.99. The number of rotatable bonds is 6. The summed E-state index contributed by atoms with van der Waals surface area (Å²) in [7, 11) is 4.10. The molecule has 2 aromatic carbocycles. The number of carbonyl (C=O) groups is 1. The molecule has 3 heteroatoms. The van der Waals surface area contributed by atoms with E-state index in [2.05, 4.69) is 48.6 Å². The van der Waals surface area contributed by atoms with Crippen molar-refractivity contribution in [2.45, 2.75) is 26.3 Å². The average molecular weight is 310 g/mol. The third-order valence-corrected chi connectivity index (χ3v) is 4.17. The molecule has 2 aromatic rings. The van der Waals surface area contributed by atoms with Gasteiger partial charge in [-0.1, -0.05) is 48.0 Å².